The molecular weight excluding hydrogens is 375 g/mol. The average Bonchev–Trinajstić information content (AvgIpc) is 3.11. The number of amides is 1. The predicted octanol–water partition coefficient (Wildman–Crippen LogP) is 2.75. The summed E-state index contributed by atoms with van der Waals surface area (Å²) in [5, 5.41) is 24.8. The van der Waals surface area contributed by atoms with Gasteiger partial charge in [-0.1, -0.05) is 29.5 Å². The molecule has 138 valence electrons. The molecule has 0 unspecified atom stereocenters. The number of anilines is 1. The van der Waals surface area contributed by atoms with Crippen LogP contribution in [0.1, 0.15) is 5.56 Å². The first-order chi connectivity index (χ1) is 12.9. The molecule has 0 saturated heterocycles. The zero-order chi connectivity index (χ0) is 19.4. The van der Waals surface area contributed by atoms with Gasteiger partial charge in [-0.05, 0) is 35.5 Å². The van der Waals surface area contributed by atoms with Crippen LogP contribution in [0.2, 0.25) is 0 Å². The third-order valence-corrected chi connectivity index (χ3v) is 4.41. The molecule has 1 aromatic heterocycles. The van der Waals surface area contributed by atoms with Crippen LogP contribution in [-0.4, -0.2) is 36.8 Å². The maximum atomic E-state index is 13.7. The van der Waals surface area contributed by atoms with Gasteiger partial charge in [0.25, 0.3) is 5.69 Å². The number of nitrogens with zero attached hydrogens (tertiary/aromatic N) is 5. The van der Waals surface area contributed by atoms with Crippen molar-refractivity contribution in [1.82, 2.24) is 20.2 Å². The number of aromatic nitrogens is 4. The van der Waals surface area contributed by atoms with E-state index < -0.39 is 16.6 Å². The normalized spacial score (nSPS) is 10.6. The topological polar surface area (TPSA) is 116 Å². The van der Waals surface area contributed by atoms with Crippen LogP contribution in [0.15, 0.2) is 47.6 Å². The Hall–Kier alpha value is -3.34. The molecule has 0 radical (unpaired) electrons. The molecule has 0 spiro atoms. The second-order valence-electron chi connectivity index (χ2n) is 5.47. The first-order valence-corrected chi connectivity index (χ1v) is 8.64. The highest BCUT2D eigenvalue weighted by molar-refractivity contribution is 7.99. The minimum Gasteiger partial charge on any atom is -0.323 e. The molecule has 2 aromatic carbocycles. The number of non-ortho nitro benzene ring substituents is 1. The number of hydrogen-bond acceptors (Lipinski definition) is 7. The maximum Gasteiger partial charge on any atom is 0.271 e. The number of halogens is 1. The predicted molar refractivity (Wildman–Crippen MR) is 96.3 cm³/mol. The number of benzene rings is 2. The van der Waals surface area contributed by atoms with Crippen molar-refractivity contribution in [3.8, 4) is 5.69 Å². The van der Waals surface area contributed by atoms with Gasteiger partial charge in [-0.2, -0.15) is 4.68 Å². The van der Waals surface area contributed by atoms with Crippen LogP contribution >= 0.6 is 11.8 Å². The molecule has 9 nitrogen and oxygen atoms in total. The number of nitro benzene ring substituents is 1. The fourth-order valence-corrected chi connectivity index (χ4v) is 2.85. The first kappa shape index (κ1) is 18.5. The summed E-state index contributed by atoms with van der Waals surface area (Å²) < 4.78 is 15.2. The number of tetrazole rings is 1. The first-order valence-electron chi connectivity index (χ1n) is 7.66. The van der Waals surface area contributed by atoms with Crippen LogP contribution in [0.3, 0.4) is 0 Å². The molecule has 0 atom stereocenters. The van der Waals surface area contributed by atoms with Crippen LogP contribution in [-0.2, 0) is 4.79 Å². The molecule has 1 N–H and O–H groups in total. The van der Waals surface area contributed by atoms with Crippen molar-refractivity contribution in [2.75, 3.05) is 11.1 Å². The van der Waals surface area contributed by atoms with Gasteiger partial charge < -0.3 is 5.32 Å². The monoisotopic (exact) mass is 388 g/mol. The highest BCUT2D eigenvalue weighted by Gasteiger charge is 2.15. The number of nitrogens with one attached hydrogen (secondary N) is 1. The number of aryl methyl sites for hydroxylation is 1. The van der Waals surface area contributed by atoms with E-state index in [2.05, 4.69) is 20.8 Å². The van der Waals surface area contributed by atoms with Gasteiger partial charge in [0.15, 0.2) is 0 Å². The second-order valence-corrected chi connectivity index (χ2v) is 6.41. The van der Waals surface area contributed by atoms with Crippen molar-refractivity contribution < 1.29 is 14.1 Å². The largest absolute Gasteiger partial charge is 0.323 e. The summed E-state index contributed by atoms with van der Waals surface area (Å²) in [4.78, 5) is 22.2. The molecule has 0 bridgehead atoms. The molecule has 3 rings (SSSR count). The van der Waals surface area contributed by atoms with E-state index in [0.717, 1.165) is 41.2 Å². The van der Waals surface area contributed by atoms with Crippen molar-refractivity contribution in [3.05, 3.63) is 64.0 Å². The minimum atomic E-state index is -0.761. The Morgan fingerprint density at radius 2 is 2.04 bits per heavy atom. The van der Waals surface area contributed by atoms with Gasteiger partial charge >= 0.3 is 0 Å². The SMILES string of the molecule is Cc1ccc(-n2nnnc2SCC(=O)Nc2cc([N+](=O)[O-])ccc2F)cc1. The van der Waals surface area contributed by atoms with Gasteiger partial charge in [0.05, 0.1) is 22.1 Å². The molecule has 0 aliphatic heterocycles. The zero-order valence-corrected chi connectivity index (χ0v) is 14.8. The van der Waals surface area contributed by atoms with Crippen LogP contribution in [0, 0.1) is 22.9 Å². The fourth-order valence-electron chi connectivity index (χ4n) is 2.16. The fraction of sp³-hybridized carbons (Fsp3) is 0.125. The number of nitro groups is 1. The highest BCUT2D eigenvalue weighted by atomic mass is 32.2. The van der Waals surface area contributed by atoms with E-state index in [4.69, 9.17) is 0 Å². The standard InChI is InChI=1S/C16H13FN6O3S/c1-10-2-4-11(5-3-10)22-16(19-20-21-22)27-9-15(24)18-14-8-12(23(25)26)6-7-13(14)17/h2-8H,9H2,1H3,(H,18,24). The lowest BCUT2D eigenvalue weighted by Gasteiger charge is -2.07. The number of hydrogen-bond donors (Lipinski definition) is 1. The molecular formula is C16H13FN6O3S. The zero-order valence-electron chi connectivity index (χ0n) is 14.0. The van der Waals surface area contributed by atoms with Gasteiger partial charge in [-0.3, -0.25) is 14.9 Å². The van der Waals surface area contributed by atoms with Gasteiger partial charge in [0.2, 0.25) is 11.1 Å². The van der Waals surface area contributed by atoms with Gasteiger partial charge in [-0.15, -0.1) is 5.10 Å². The summed E-state index contributed by atoms with van der Waals surface area (Å²) in [6.45, 7) is 1.95. The van der Waals surface area contributed by atoms with Crippen LogP contribution in [0.4, 0.5) is 15.8 Å². The molecule has 0 saturated carbocycles. The molecule has 3 aromatic rings. The quantitative estimate of drug-likeness (QED) is 0.392. The van der Waals surface area contributed by atoms with E-state index in [-0.39, 0.29) is 17.1 Å². The Balaban J connectivity index is 1.67. The Morgan fingerprint density at radius 3 is 2.74 bits per heavy atom. The second kappa shape index (κ2) is 7.91. The summed E-state index contributed by atoms with van der Waals surface area (Å²) in [6, 6.07) is 10.4. The van der Waals surface area contributed by atoms with Crippen molar-refractivity contribution in [2.24, 2.45) is 0 Å². The summed E-state index contributed by atoms with van der Waals surface area (Å²) >= 11 is 1.05. The molecule has 0 aliphatic rings. The van der Waals surface area contributed by atoms with Crippen molar-refractivity contribution in [3.63, 3.8) is 0 Å². The summed E-state index contributed by atoms with van der Waals surface area (Å²) in [7, 11) is 0. The van der Waals surface area contributed by atoms with Crippen LogP contribution < -0.4 is 5.32 Å². The third kappa shape index (κ3) is 4.44. The molecule has 0 fully saturated rings. The van der Waals surface area contributed by atoms with Crippen molar-refractivity contribution >= 4 is 29.0 Å². The van der Waals surface area contributed by atoms with Gasteiger partial charge in [0, 0.05) is 12.1 Å². The Bertz CT molecular complexity index is 992. The average molecular weight is 388 g/mol. The van der Waals surface area contributed by atoms with E-state index in [1.807, 2.05) is 31.2 Å². The van der Waals surface area contributed by atoms with E-state index in [9.17, 15) is 19.3 Å². The number of carbonyl (C=O) groups is 1. The smallest absolute Gasteiger partial charge is 0.271 e. The van der Waals surface area contributed by atoms with Crippen molar-refractivity contribution in [2.45, 2.75) is 12.1 Å². The van der Waals surface area contributed by atoms with E-state index >= 15 is 0 Å². The lowest BCUT2D eigenvalue weighted by atomic mass is 10.2. The molecule has 1 heterocycles. The summed E-state index contributed by atoms with van der Waals surface area (Å²) in [6.07, 6.45) is 0. The molecule has 0 aliphatic carbocycles. The summed E-state index contributed by atoms with van der Waals surface area (Å²) in [5.74, 6) is -1.41. The molecule has 27 heavy (non-hydrogen) atoms. The number of rotatable bonds is 6. The number of thioether (sulfide) groups is 1. The van der Waals surface area contributed by atoms with E-state index in [0.29, 0.717) is 5.16 Å². The number of carbonyl (C=O) groups excluding carboxylic acids is 1. The Kier molecular flexibility index (Phi) is 5.41. The third-order valence-electron chi connectivity index (χ3n) is 3.49. The highest BCUT2D eigenvalue weighted by Crippen LogP contribution is 2.23. The van der Waals surface area contributed by atoms with Gasteiger partial charge in [0.1, 0.15) is 5.82 Å². The molecule has 11 heteroatoms. The minimum absolute atomic E-state index is 0.103. The van der Waals surface area contributed by atoms with Crippen LogP contribution in [0.5, 0.6) is 0 Å². The summed E-state index contributed by atoms with van der Waals surface area (Å²) in [5.41, 5.74) is 1.24. The Morgan fingerprint density at radius 1 is 1.30 bits per heavy atom. The van der Waals surface area contributed by atoms with Crippen LogP contribution in [0.25, 0.3) is 5.69 Å². The maximum absolute atomic E-state index is 13.7. The van der Waals surface area contributed by atoms with E-state index in [1.54, 1.807) is 0 Å². The van der Waals surface area contributed by atoms with Crippen molar-refractivity contribution in [1.29, 1.82) is 0 Å². The Labute approximate surface area is 156 Å². The van der Waals surface area contributed by atoms with E-state index in [1.165, 1.54) is 4.68 Å². The lowest BCUT2D eigenvalue weighted by molar-refractivity contribution is -0.384. The van der Waals surface area contributed by atoms with Gasteiger partial charge in [-0.25, -0.2) is 4.39 Å². The lowest BCUT2D eigenvalue weighted by Crippen LogP contribution is -2.15. The molecule has 1 amide bonds.